The number of alkyl carbamates (subject to hydrolysis) is 1. The molecule has 0 radical (unpaired) electrons. The molecule has 1 aromatic rings. The van der Waals surface area contributed by atoms with E-state index in [0.29, 0.717) is 17.2 Å². The summed E-state index contributed by atoms with van der Waals surface area (Å²) in [6.45, 7) is 5.25. The van der Waals surface area contributed by atoms with E-state index >= 15 is 0 Å². The van der Waals surface area contributed by atoms with Crippen molar-refractivity contribution >= 4 is 17.7 Å². The smallest absolute Gasteiger partial charge is 0.408 e. The molecule has 0 saturated carbocycles. The second-order valence-corrected chi connectivity index (χ2v) is 5.86. The Balaban J connectivity index is 2.06. The Labute approximate surface area is 128 Å². The van der Waals surface area contributed by atoms with E-state index in [-0.39, 0.29) is 12.5 Å². The minimum absolute atomic E-state index is 0.00520. The number of fused-ring (bicyclic) bond motifs is 1. The highest BCUT2D eigenvalue weighted by Crippen LogP contribution is 2.31. The zero-order valence-corrected chi connectivity index (χ0v) is 13.1. The van der Waals surface area contributed by atoms with Gasteiger partial charge < -0.3 is 24.8 Å². The molecule has 2 amide bonds. The zero-order valence-electron chi connectivity index (χ0n) is 13.1. The summed E-state index contributed by atoms with van der Waals surface area (Å²) in [5.41, 5.74) is -0.109. The number of hydrogen-bond donors (Lipinski definition) is 2. The first-order valence-corrected chi connectivity index (χ1v) is 6.90. The summed E-state index contributed by atoms with van der Waals surface area (Å²) in [6.07, 6.45) is -0.667. The van der Waals surface area contributed by atoms with Gasteiger partial charge in [-0.1, -0.05) is 0 Å². The number of amides is 2. The van der Waals surface area contributed by atoms with Gasteiger partial charge in [0.2, 0.25) is 0 Å². The largest absolute Gasteiger partial charge is 0.497 e. The number of benzene rings is 1. The summed E-state index contributed by atoms with van der Waals surface area (Å²) in [7, 11) is 1.55. The highest BCUT2D eigenvalue weighted by atomic mass is 16.6. The van der Waals surface area contributed by atoms with Gasteiger partial charge in [-0.2, -0.15) is 0 Å². The second-order valence-electron chi connectivity index (χ2n) is 5.86. The van der Waals surface area contributed by atoms with Gasteiger partial charge in [0.1, 0.15) is 29.7 Å². The first kappa shape index (κ1) is 15.9. The van der Waals surface area contributed by atoms with Gasteiger partial charge in [-0.15, -0.1) is 0 Å². The molecule has 7 heteroatoms. The molecular formula is C15H20N2O5. The summed E-state index contributed by atoms with van der Waals surface area (Å²) in [6, 6.07) is 4.23. The van der Waals surface area contributed by atoms with Crippen LogP contribution in [0.3, 0.4) is 0 Å². The predicted molar refractivity (Wildman–Crippen MR) is 80.3 cm³/mol. The number of rotatable bonds is 2. The molecule has 0 bridgehead atoms. The average Bonchev–Trinajstić information content (AvgIpc) is 2.56. The van der Waals surface area contributed by atoms with Crippen molar-refractivity contribution in [3.63, 3.8) is 0 Å². The quantitative estimate of drug-likeness (QED) is 0.872. The van der Waals surface area contributed by atoms with Gasteiger partial charge in [-0.25, -0.2) is 4.79 Å². The van der Waals surface area contributed by atoms with Crippen molar-refractivity contribution in [1.29, 1.82) is 0 Å². The number of nitrogens with one attached hydrogen (secondary N) is 2. The Morgan fingerprint density at radius 1 is 1.41 bits per heavy atom. The predicted octanol–water partition coefficient (Wildman–Crippen LogP) is 1.92. The molecule has 22 heavy (non-hydrogen) atoms. The molecule has 1 aliphatic rings. The van der Waals surface area contributed by atoms with Gasteiger partial charge >= 0.3 is 6.09 Å². The maximum Gasteiger partial charge on any atom is 0.408 e. The van der Waals surface area contributed by atoms with Crippen LogP contribution in [0.5, 0.6) is 11.5 Å². The van der Waals surface area contributed by atoms with Crippen molar-refractivity contribution in [2.45, 2.75) is 32.4 Å². The first-order valence-electron chi connectivity index (χ1n) is 6.90. The van der Waals surface area contributed by atoms with E-state index in [1.807, 2.05) is 0 Å². The van der Waals surface area contributed by atoms with E-state index in [1.165, 1.54) is 0 Å². The molecule has 7 nitrogen and oxygen atoms in total. The summed E-state index contributed by atoms with van der Waals surface area (Å²) in [5, 5.41) is 5.20. The monoisotopic (exact) mass is 308 g/mol. The lowest BCUT2D eigenvalue weighted by molar-refractivity contribution is -0.118. The molecule has 0 fully saturated rings. The fourth-order valence-corrected chi connectivity index (χ4v) is 1.88. The summed E-state index contributed by atoms with van der Waals surface area (Å²) >= 11 is 0. The third kappa shape index (κ3) is 4.03. The molecule has 1 atom stereocenters. The topological polar surface area (TPSA) is 85.9 Å². The third-order valence-corrected chi connectivity index (χ3v) is 2.86. The van der Waals surface area contributed by atoms with Crippen molar-refractivity contribution in [3.8, 4) is 11.5 Å². The van der Waals surface area contributed by atoms with Crippen LogP contribution in [0.15, 0.2) is 18.2 Å². The molecule has 2 N–H and O–H groups in total. The lowest BCUT2D eigenvalue weighted by Crippen LogP contribution is -2.48. The van der Waals surface area contributed by atoms with E-state index in [2.05, 4.69) is 10.6 Å². The van der Waals surface area contributed by atoms with Gasteiger partial charge in [-0.05, 0) is 32.9 Å². The van der Waals surface area contributed by atoms with Crippen LogP contribution in [0, 0.1) is 0 Å². The highest BCUT2D eigenvalue weighted by Gasteiger charge is 2.28. The number of hydrogen-bond acceptors (Lipinski definition) is 5. The molecule has 0 aromatic heterocycles. The van der Waals surface area contributed by atoms with Crippen LogP contribution in [0.25, 0.3) is 0 Å². The van der Waals surface area contributed by atoms with Crippen molar-refractivity contribution in [2.75, 3.05) is 19.0 Å². The minimum Gasteiger partial charge on any atom is -0.497 e. The number of anilines is 1. The van der Waals surface area contributed by atoms with Gasteiger partial charge in [-0.3, -0.25) is 4.79 Å². The molecule has 1 aliphatic heterocycles. The van der Waals surface area contributed by atoms with Crippen LogP contribution in [-0.4, -0.2) is 37.4 Å². The fraction of sp³-hybridized carbons (Fsp3) is 0.467. The molecule has 1 heterocycles. The molecule has 2 rings (SSSR count). The summed E-state index contributed by atoms with van der Waals surface area (Å²) in [5.74, 6) is 0.738. The lowest BCUT2D eigenvalue weighted by atomic mass is 10.2. The molecule has 0 unspecified atom stereocenters. The minimum atomic E-state index is -0.840. The Bertz CT molecular complexity index is 580. The second kappa shape index (κ2) is 6.13. The third-order valence-electron chi connectivity index (χ3n) is 2.86. The molecule has 1 aromatic carbocycles. The number of carbonyl (C=O) groups excluding carboxylic acids is 2. The number of methoxy groups -OCH3 is 1. The van der Waals surface area contributed by atoms with E-state index in [4.69, 9.17) is 14.2 Å². The summed E-state index contributed by atoms with van der Waals surface area (Å²) in [4.78, 5) is 23.9. The summed E-state index contributed by atoms with van der Waals surface area (Å²) < 4.78 is 15.8. The molecule has 0 aliphatic carbocycles. The fourth-order valence-electron chi connectivity index (χ4n) is 1.88. The van der Waals surface area contributed by atoms with Crippen molar-refractivity contribution in [2.24, 2.45) is 0 Å². The number of carbonyl (C=O) groups is 2. The van der Waals surface area contributed by atoms with Crippen LogP contribution in [-0.2, 0) is 9.53 Å². The van der Waals surface area contributed by atoms with E-state index in [0.717, 1.165) is 0 Å². The lowest BCUT2D eigenvalue weighted by Gasteiger charge is -2.22. The maximum absolute atomic E-state index is 12.1. The normalized spacial score (nSPS) is 17.5. The molecule has 0 saturated heterocycles. The van der Waals surface area contributed by atoms with E-state index in [9.17, 15) is 9.59 Å². The van der Waals surface area contributed by atoms with Gasteiger partial charge in [0.25, 0.3) is 5.91 Å². The van der Waals surface area contributed by atoms with Gasteiger partial charge in [0, 0.05) is 6.07 Å². The Morgan fingerprint density at radius 2 is 2.14 bits per heavy atom. The Kier molecular flexibility index (Phi) is 4.44. The SMILES string of the molecule is COc1ccc2c(c1)OC[C@H](NC(=O)OC(C)(C)C)C(=O)N2. The van der Waals surface area contributed by atoms with Gasteiger partial charge in [0.05, 0.1) is 12.8 Å². The standard InChI is InChI=1S/C15H20N2O5/c1-15(2,3)22-14(19)17-11-8-21-12-7-9(20-4)5-6-10(12)16-13(11)18/h5-7,11H,8H2,1-4H3,(H,16,18)(H,17,19)/t11-/m0/s1. The van der Waals surface area contributed by atoms with E-state index < -0.39 is 17.7 Å². The van der Waals surface area contributed by atoms with Crippen LogP contribution in [0.2, 0.25) is 0 Å². The van der Waals surface area contributed by atoms with Gasteiger partial charge in [0.15, 0.2) is 0 Å². The van der Waals surface area contributed by atoms with Crippen LogP contribution >= 0.6 is 0 Å². The van der Waals surface area contributed by atoms with E-state index in [1.54, 1.807) is 46.1 Å². The Hall–Kier alpha value is -2.44. The van der Waals surface area contributed by atoms with Crippen molar-refractivity contribution in [1.82, 2.24) is 5.32 Å². The van der Waals surface area contributed by atoms with Crippen LogP contribution < -0.4 is 20.1 Å². The first-order chi connectivity index (χ1) is 10.3. The average molecular weight is 308 g/mol. The highest BCUT2D eigenvalue weighted by molar-refractivity contribution is 5.98. The van der Waals surface area contributed by atoms with Crippen molar-refractivity contribution < 1.29 is 23.8 Å². The van der Waals surface area contributed by atoms with Crippen LogP contribution in [0.4, 0.5) is 10.5 Å². The molecular weight excluding hydrogens is 288 g/mol. The number of ether oxygens (including phenoxy) is 3. The maximum atomic E-state index is 12.1. The molecule has 120 valence electrons. The van der Waals surface area contributed by atoms with Crippen molar-refractivity contribution in [3.05, 3.63) is 18.2 Å². The molecule has 0 spiro atoms. The van der Waals surface area contributed by atoms with Crippen LogP contribution in [0.1, 0.15) is 20.8 Å². The Morgan fingerprint density at radius 3 is 2.77 bits per heavy atom. The zero-order chi connectivity index (χ0) is 16.3.